The minimum Gasteiger partial charge on any atom is -0.272 e. The molecule has 0 aliphatic heterocycles. The van der Waals surface area contributed by atoms with E-state index in [2.05, 4.69) is 10.1 Å². The van der Waals surface area contributed by atoms with E-state index >= 15 is 0 Å². The number of aryl methyl sites for hydroxylation is 1. The molecule has 0 N–H and O–H groups in total. The van der Waals surface area contributed by atoms with E-state index in [4.69, 9.17) is 0 Å². The van der Waals surface area contributed by atoms with Crippen molar-refractivity contribution >= 4 is 0 Å². The first-order valence-corrected chi connectivity index (χ1v) is 5.31. The van der Waals surface area contributed by atoms with Gasteiger partial charge in [-0.2, -0.15) is 5.10 Å². The zero-order valence-corrected chi connectivity index (χ0v) is 8.77. The Morgan fingerprint density at radius 1 is 1.20 bits per heavy atom. The Hall–Kier alpha value is -1.64. The van der Waals surface area contributed by atoms with Crippen LogP contribution in [0.15, 0.2) is 24.5 Å². The van der Waals surface area contributed by atoms with Crippen molar-refractivity contribution in [3.8, 4) is 11.3 Å². The van der Waals surface area contributed by atoms with Crippen LogP contribution in [0.1, 0.15) is 17.7 Å². The zero-order chi connectivity index (χ0) is 10.3. The number of pyridine rings is 1. The minimum atomic E-state index is 1.15. The second kappa shape index (κ2) is 3.19. The number of aromatic nitrogens is 3. The van der Waals surface area contributed by atoms with E-state index in [0.717, 1.165) is 5.69 Å². The fourth-order valence-electron chi connectivity index (χ4n) is 2.35. The summed E-state index contributed by atoms with van der Waals surface area (Å²) in [6.07, 6.45) is 7.25. The van der Waals surface area contributed by atoms with Crippen LogP contribution in [0.25, 0.3) is 11.3 Å². The second-order valence-electron chi connectivity index (χ2n) is 3.99. The van der Waals surface area contributed by atoms with Crippen molar-refractivity contribution in [1.82, 2.24) is 14.8 Å². The van der Waals surface area contributed by atoms with Crippen molar-refractivity contribution < 1.29 is 0 Å². The predicted octanol–water partition coefficient (Wildman–Crippen LogP) is 1.97. The maximum Gasteiger partial charge on any atom is 0.0959 e. The lowest BCUT2D eigenvalue weighted by molar-refractivity contribution is 0.709. The van der Waals surface area contributed by atoms with Crippen molar-refractivity contribution in [3.05, 3.63) is 35.8 Å². The highest BCUT2D eigenvalue weighted by molar-refractivity contribution is 5.64. The zero-order valence-electron chi connectivity index (χ0n) is 8.77. The molecule has 0 fully saturated rings. The average Bonchev–Trinajstić information content (AvgIpc) is 2.84. The number of fused-ring (bicyclic) bond motifs is 1. The van der Waals surface area contributed by atoms with E-state index in [0.29, 0.717) is 0 Å². The summed E-state index contributed by atoms with van der Waals surface area (Å²) in [5.74, 6) is 0. The molecule has 76 valence electrons. The largest absolute Gasteiger partial charge is 0.272 e. The Balaban J connectivity index is 2.18. The normalized spacial score (nSPS) is 14.2. The van der Waals surface area contributed by atoms with E-state index in [9.17, 15) is 0 Å². The molecule has 0 amide bonds. The molecule has 0 saturated heterocycles. The molecule has 0 unspecified atom stereocenters. The molecule has 3 nitrogen and oxygen atoms in total. The first kappa shape index (κ1) is 8.65. The van der Waals surface area contributed by atoms with Gasteiger partial charge in [-0.25, -0.2) is 0 Å². The lowest BCUT2D eigenvalue weighted by Crippen LogP contribution is -1.95. The van der Waals surface area contributed by atoms with Gasteiger partial charge in [0.05, 0.1) is 5.69 Å². The lowest BCUT2D eigenvalue weighted by atomic mass is 10.1. The lowest BCUT2D eigenvalue weighted by Gasteiger charge is -1.98. The molecule has 0 saturated carbocycles. The highest BCUT2D eigenvalue weighted by Gasteiger charge is 2.21. The molecule has 0 spiro atoms. The summed E-state index contributed by atoms with van der Waals surface area (Å²) in [7, 11) is 2.04. The van der Waals surface area contributed by atoms with Crippen LogP contribution in [0.3, 0.4) is 0 Å². The summed E-state index contributed by atoms with van der Waals surface area (Å²) in [6, 6.07) is 4.06. The summed E-state index contributed by atoms with van der Waals surface area (Å²) in [5, 5.41) is 4.59. The van der Waals surface area contributed by atoms with Gasteiger partial charge in [0.25, 0.3) is 0 Å². The molecule has 2 aromatic heterocycles. The standard InChI is InChI=1S/C12H13N3/c1-15-11-4-2-3-10(11)12(14-15)9-5-7-13-8-6-9/h5-8H,2-4H2,1H3. The molecule has 15 heavy (non-hydrogen) atoms. The molecular weight excluding hydrogens is 186 g/mol. The van der Waals surface area contributed by atoms with Crippen molar-refractivity contribution in [1.29, 1.82) is 0 Å². The van der Waals surface area contributed by atoms with Crippen molar-refractivity contribution in [2.24, 2.45) is 7.05 Å². The third kappa shape index (κ3) is 1.27. The van der Waals surface area contributed by atoms with Gasteiger partial charge in [-0.05, 0) is 31.4 Å². The maximum atomic E-state index is 4.59. The number of hydrogen-bond acceptors (Lipinski definition) is 2. The Morgan fingerprint density at radius 3 is 2.80 bits per heavy atom. The van der Waals surface area contributed by atoms with Crippen molar-refractivity contribution in [2.45, 2.75) is 19.3 Å². The summed E-state index contributed by atoms with van der Waals surface area (Å²) < 4.78 is 2.03. The minimum absolute atomic E-state index is 1.15. The van der Waals surface area contributed by atoms with Gasteiger partial charge in [0, 0.05) is 36.3 Å². The Kier molecular flexibility index (Phi) is 1.84. The third-order valence-corrected chi connectivity index (χ3v) is 3.07. The molecule has 3 heteroatoms. The van der Waals surface area contributed by atoms with E-state index < -0.39 is 0 Å². The van der Waals surface area contributed by atoms with Crippen molar-refractivity contribution in [3.63, 3.8) is 0 Å². The average molecular weight is 199 g/mol. The van der Waals surface area contributed by atoms with Crippen LogP contribution < -0.4 is 0 Å². The van der Waals surface area contributed by atoms with E-state index in [1.54, 1.807) is 0 Å². The highest BCUT2D eigenvalue weighted by atomic mass is 15.3. The fraction of sp³-hybridized carbons (Fsp3) is 0.333. The second-order valence-corrected chi connectivity index (χ2v) is 3.99. The topological polar surface area (TPSA) is 30.7 Å². The summed E-state index contributed by atoms with van der Waals surface area (Å²) in [5.41, 5.74) is 5.17. The molecule has 3 rings (SSSR count). The Bertz CT molecular complexity index is 485. The molecule has 2 aromatic rings. The van der Waals surface area contributed by atoms with Gasteiger partial charge in [-0.15, -0.1) is 0 Å². The van der Waals surface area contributed by atoms with Crippen LogP contribution in [0.5, 0.6) is 0 Å². The van der Waals surface area contributed by atoms with E-state index in [-0.39, 0.29) is 0 Å². The molecule has 2 heterocycles. The molecule has 0 bridgehead atoms. The number of hydrogen-bond donors (Lipinski definition) is 0. The SMILES string of the molecule is Cn1nc(-c2ccncc2)c2c1CCC2. The molecule has 0 aromatic carbocycles. The smallest absolute Gasteiger partial charge is 0.0959 e. The van der Waals surface area contributed by atoms with Gasteiger partial charge in [-0.3, -0.25) is 9.67 Å². The maximum absolute atomic E-state index is 4.59. The number of nitrogens with zero attached hydrogens (tertiary/aromatic N) is 3. The van der Waals surface area contributed by atoms with Crippen LogP contribution in [0.4, 0.5) is 0 Å². The monoisotopic (exact) mass is 199 g/mol. The molecule has 0 atom stereocenters. The quantitative estimate of drug-likeness (QED) is 0.703. The van der Waals surface area contributed by atoms with Gasteiger partial charge < -0.3 is 0 Å². The van der Waals surface area contributed by atoms with Crippen LogP contribution in [0.2, 0.25) is 0 Å². The first-order valence-electron chi connectivity index (χ1n) is 5.31. The molecule has 1 aliphatic rings. The predicted molar refractivity (Wildman–Crippen MR) is 58.5 cm³/mol. The van der Waals surface area contributed by atoms with E-state index in [1.807, 2.05) is 36.3 Å². The number of rotatable bonds is 1. The molecular formula is C12H13N3. The van der Waals surface area contributed by atoms with Gasteiger partial charge in [0.1, 0.15) is 0 Å². The molecule has 1 aliphatic carbocycles. The first-order chi connectivity index (χ1) is 7.36. The van der Waals surface area contributed by atoms with E-state index in [1.165, 1.54) is 36.1 Å². The van der Waals surface area contributed by atoms with Gasteiger partial charge in [0.15, 0.2) is 0 Å². The summed E-state index contributed by atoms with van der Waals surface area (Å²) >= 11 is 0. The van der Waals surface area contributed by atoms with Crippen molar-refractivity contribution in [2.75, 3.05) is 0 Å². The van der Waals surface area contributed by atoms with Crippen LogP contribution in [0, 0.1) is 0 Å². The summed E-state index contributed by atoms with van der Waals surface area (Å²) in [6.45, 7) is 0. The Morgan fingerprint density at radius 2 is 2.00 bits per heavy atom. The molecule has 0 radical (unpaired) electrons. The highest BCUT2D eigenvalue weighted by Crippen LogP contribution is 2.30. The van der Waals surface area contributed by atoms with Gasteiger partial charge in [0.2, 0.25) is 0 Å². The Labute approximate surface area is 88.8 Å². The van der Waals surface area contributed by atoms with Gasteiger partial charge in [-0.1, -0.05) is 0 Å². The summed E-state index contributed by atoms with van der Waals surface area (Å²) in [4.78, 5) is 4.04. The van der Waals surface area contributed by atoms with Crippen LogP contribution >= 0.6 is 0 Å². The third-order valence-electron chi connectivity index (χ3n) is 3.07. The van der Waals surface area contributed by atoms with Gasteiger partial charge >= 0.3 is 0 Å². The van der Waals surface area contributed by atoms with Crippen LogP contribution in [-0.2, 0) is 19.9 Å². The fourth-order valence-corrected chi connectivity index (χ4v) is 2.35. The van der Waals surface area contributed by atoms with Crippen LogP contribution in [-0.4, -0.2) is 14.8 Å².